The second-order valence-corrected chi connectivity index (χ2v) is 5.50. The van der Waals surface area contributed by atoms with Crippen molar-refractivity contribution >= 4 is 33.8 Å². The summed E-state index contributed by atoms with van der Waals surface area (Å²) >= 11 is 3.02. The van der Waals surface area contributed by atoms with Gasteiger partial charge < -0.3 is 18.9 Å². The molecule has 0 bridgehead atoms. The summed E-state index contributed by atoms with van der Waals surface area (Å²) in [6.45, 7) is 3.25. The van der Waals surface area contributed by atoms with Crippen molar-refractivity contribution in [2.24, 2.45) is 0 Å². The van der Waals surface area contributed by atoms with E-state index in [1.165, 1.54) is 6.92 Å². The minimum absolute atomic E-state index is 0.200. The van der Waals surface area contributed by atoms with Gasteiger partial charge in [0.2, 0.25) is 0 Å². The number of ether oxygens (including phenoxy) is 4. The fraction of sp³-hybridized carbons (Fsp3) is 0.667. The summed E-state index contributed by atoms with van der Waals surface area (Å²) in [5, 5.41) is 9.19. The van der Waals surface area contributed by atoms with Gasteiger partial charge in [-0.05, 0) is 15.9 Å². The first-order chi connectivity index (χ1) is 9.69. The monoisotopic (exact) mass is 363 g/mol. The summed E-state index contributed by atoms with van der Waals surface area (Å²) < 4.78 is 18.6. The molecule has 0 aliphatic carbocycles. The number of nitrogens with zero attached hydrogens (tertiary/aromatic N) is 1. The maximum atomic E-state index is 11.2. The molecule has 0 aromatic rings. The van der Waals surface area contributed by atoms with Gasteiger partial charge in [0.1, 0.15) is 6.07 Å². The molecule has 0 aromatic carbocycles. The van der Waals surface area contributed by atoms with Gasteiger partial charge in [0.05, 0.1) is 6.61 Å². The van der Waals surface area contributed by atoms with E-state index in [1.807, 2.05) is 0 Å². The molecule has 1 heterocycles. The number of hydrogen-bond donors (Lipinski definition) is 0. The number of esters is 3. The predicted molar refractivity (Wildman–Crippen MR) is 69.9 cm³/mol. The van der Waals surface area contributed by atoms with Gasteiger partial charge in [-0.2, -0.15) is 5.26 Å². The third kappa shape index (κ3) is 4.41. The van der Waals surface area contributed by atoms with Crippen LogP contribution in [0.15, 0.2) is 0 Å². The number of halogens is 1. The fourth-order valence-electron chi connectivity index (χ4n) is 1.85. The molecule has 1 aliphatic rings. The first-order valence-electron chi connectivity index (χ1n) is 5.95. The van der Waals surface area contributed by atoms with E-state index in [2.05, 4.69) is 15.9 Å². The van der Waals surface area contributed by atoms with E-state index >= 15 is 0 Å². The zero-order chi connectivity index (χ0) is 16.2. The van der Waals surface area contributed by atoms with Gasteiger partial charge in [-0.1, -0.05) is 0 Å². The van der Waals surface area contributed by atoms with E-state index in [0.29, 0.717) is 0 Å². The van der Waals surface area contributed by atoms with Crippen LogP contribution in [0.5, 0.6) is 0 Å². The number of nitriles is 1. The molecule has 116 valence electrons. The molecule has 0 spiro atoms. The number of carbonyl (C=O) groups excluding carboxylic acids is 3. The van der Waals surface area contributed by atoms with Crippen molar-refractivity contribution in [2.75, 3.05) is 6.61 Å². The number of alkyl halides is 1. The average molecular weight is 364 g/mol. The van der Waals surface area contributed by atoms with Crippen LogP contribution in [0.3, 0.4) is 0 Å². The van der Waals surface area contributed by atoms with Gasteiger partial charge in [0.25, 0.3) is 4.51 Å². The Hall–Kier alpha value is -1.66. The molecule has 1 saturated heterocycles. The van der Waals surface area contributed by atoms with Crippen LogP contribution in [-0.4, -0.2) is 47.3 Å². The highest BCUT2D eigenvalue weighted by Crippen LogP contribution is 2.36. The highest BCUT2D eigenvalue weighted by atomic mass is 79.9. The highest BCUT2D eigenvalue weighted by molar-refractivity contribution is 9.10. The smallest absolute Gasteiger partial charge is 0.303 e. The van der Waals surface area contributed by atoms with Crippen LogP contribution in [0.1, 0.15) is 20.8 Å². The lowest BCUT2D eigenvalue weighted by molar-refractivity contribution is -0.222. The van der Waals surface area contributed by atoms with Crippen molar-refractivity contribution in [3.63, 3.8) is 0 Å². The summed E-state index contributed by atoms with van der Waals surface area (Å²) in [4.78, 5) is 33.6. The predicted octanol–water partition coefficient (Wildman–Crippen LogP) is 0.426. The minimum atomic E-state index is -1.70. The van der Waals surface area contributed by atoms with Crippen molar-refractivity contribution < 1.29 is 33.3 Å². The molecule has 9 heteroatoms. The molecule has 21 heavy (non-hydrogen) atoms. The molecule has 1 rings (SSSR count). The lowest BCUT2D eigenvalue weighted by Crippen LogP contribution is -2.61. The van der Waals surface area contributed by atoms with Crippen molar-refractivity contribution in [2.45, 2.75) is 43.6 Å². The van der Waals surface area contributed by atoms with Crippen molar-refractivity contribution in [1.29, 1.82) is 5.26 Å². The maximum Gasteiger partial charge on any atom is 0.303 e. The van der Waals surface area contributed by atoms with E-state index in [4.69, 9.17) is 18.9 Å². The minimum Gasteiger partial charge on any atom is -0.456 e. The Morgan fingerprint density at radius 1 is 1.14 bits per heavy atom. The van der Waals surface area contributed by atoms with E-state index < -0.39 is 40.7 Å². The van der Waals surface area contributed by atoms with Crippen LogP contribution in [0.2, 0.25) is 0 Å². The zero-order valence-corrected chi connectivity index (χ0v) is 13.2. The topological polar surface area (TPSA) is 112 Å². The Morgan fingerprint density at radius 2 is 1.67 bits per heavy atom. The summed E-state index contributed by atoms with van der Waals surface area (Å²) in [5.41, 5.74) is 0. The Labute approximate surface area is 129 Å². The molecule has 1 fully saturated rings. The zero-order valence-electron chi connectivity index (χ0n) is 11.6. The standard InChI is InChI=1S/C12H14BrNO7/c1-6(15)19-9-4-18-12(13,5-14)11(21-8(3)17)10(9)20-7(2)16/h9-11H,4H2,1-3H3. The van der Waals surface area contributed by atoms with Crippen LogP contribution in [0.4, 0.5) is 0 Å². The Kier molecular flexibility index (Phi) is 5.69. The Balaban J connectivity index is 3.13. The van der Waals surface area contributed by atoms with Crippen LogP contribution in [0, 0.1) is 11.3 Å². The lowest BCUT2D eigenvalue weighted by Gasteiger charge is -2.41. The van der Waals surface area contributed by atoms with Crippen LogP contribution in [-0.2, 0) is 33.3 Å². The Bertz CT molecular complexity index is 488. The Morgan fingerprint density at radius 3 is 2.10 bits per heavy atom. The summed E-state index contributed by atoms with van der Waals surface area (Å²) in [6, 6.07) is 1.80. The number of hydrogen-bond acceptors (Lipinski definition) is 8. The van der Waals surface area contributed by atoms with E-state index in [9.17, 15) is 19.6 Å². The largest absolute Gasteiger partial charge is 0.456 e. The lowest BCUT2D eigenvalue weighted by atomic mass is 9.99. The first kappa shape index (κ1) is 17.4. The summed E-state index contributed by atoms with van der Waals surface area (Å²) in [6.07, 6.45) is -3.44. The molecule has 1 aliphatic heterocycles. The highest BCUT2D eigenvalue weighted by Gasteiger charge is 2.55. The first-order valence-corrected chi connectivity index (χ1v) is 6.74. The molecule has 0 aromatic heterocycles. The summed E-state index contributed by atoms with van der Waals surface area (Å²) in [7, 11) is 0. The van der Waals surface area contributed by atoms with Crippen molar-refractivity contribution in [1.82, 2.24) is 0 Å². The second-order valence-electron chi connectivity index (χ2n) is 4.32. The number of carbonyl (C=O) groups is 3. The fourth-order valence-corrected chi connectivity index (χ4v) is 2.33. The van der Waals surface area contributed by atoms with Crippen LogP contribution < -0.4 is 0 Å². The van der Waals surface area contributed by atoms with E-state index in [0.717, 1.165) is 13.8 Å². The quantitative estimate of drug-likeness (QED) is 0.403. The third-order valence-corrected chi connectivity index (χ3v) is 3.41. The van der Waals surface area contributed by atoms with Crippen LogP contribution in [0.25, 0.3) is 0 Å². The average Bonchev–Trinajstić information content (AvgIpc) is 2.36. The molecule has 0 N–H and O–H groups in total. The molecule has 4 unspecified atom stereocenters. The SMILES string of the molecule is CC(=O)OC1COC(Br)(C#N)C(OC(C)=O)C1OC(C)=O. The number of rotatable bonds is 3. The third-order valence-electron chi connectivity index (χ3n) is 2.55. The molecular weight excluding hydrogens is 350 g/mol. The van der Waals surface area contributed by atoms with Gasteiger partial charge in [-0.3, -0.25) is 14.4 Å². The van der Waals surface area contributed by atoms with Gasteiger partial charge in [0, 0.05) is 20.8 Å². The van der Waals surface area contributed by atoms with Gasteiger partial charge >= 0.3 is 17.9 Å². The van der Waals surface area contributed by atoms with Crippen molar-refractivity contribution in [3.8, 4) is 6.07 Å². The molecular formula is C12H14BrNO7. The molecule has 0 saturated carbocycles. The van der Waals surface area contributed by atoms with Gasteiger partial charge in [-0.25, -0.2) is 0 Å². The van der Waals surface area contributed by atoms with E-state index in [1.54, 1.807) is 6.07 Å². The second kappa shape index (κ2) is 6.87. The maximum absolute atomic E-state index is 11.2. The van der Waals surface area contributed by atoms with Crippen molar-refractivity contribution in [3.05, 3.63) is 0 Å². The van der Waals surface area contributed by atoms with E-state index in [-0.39, 0.29) is 6.61 Å². The summed E-state index contributed by atoms with van der Waals surface area (Å²) in [5.74, 6) is -2.01. The molecule has 0 radical (unpaired) electrons. The normalized spacial score (nSPS) is 31.7. The molecule has 8 nitrogen and oxygen atoms in total. The van der Waals surface area contributed by atoms with Crippen LogP contribution >= 0.6 is 15.9 Å². The van der Waals surface area contributed by atoms with Gasteiger partial charge in [-0.15, -0.1) is 0 Å². The molecule has 0 amide bonds. The van der Waals surface area contributed by atoms with Gasteiger partial charge in [0.15, 0.2) is 18.3 Å². The molecule has 4 atom stereocenters.